The van der Waals surface area contributed by atoms with Gasteiger partial charge < -0.3 is 19.7 Å². The van der Waals surface area contributed by atoms with Gasteiger partial charge in [0.15, 0.2) is 5.96 Å². The van der Waals surface area contributed by atoms with E-state index in [4.69, 9.17) is 14.5 Å². The maximum Gasteiger partial charge on any atom is 0.193 e. The molecule has 30 heavy (non-hydrogen) atoms. The summed E-state index contributed by atoms with van der Waals surface area (Å²) in [6.45, 7) is 12.5. The molecule has 2 unspecified atom stereocenters. The summed E-state index contributed by atoms with van der Waals surface area (Å²) in [5.74, 6) is 1.62. The second kappa shape index (κ2) is 12.3. The molecule has 1 aromatic carbocycles. The maximum atomic E-state index is 5.76. The number of rotatable bonds is 10. The van der Waals surface area contributed by atoms with E-state index in [2.05, 4.69) is 53.2 Å². The van der Waals surface area contributed by atoms with Gasteiger partial charge in [0.2, 0.25) is 0 Å². The zero-order valence-electron chi connectivity index (χ0n) is 19.1. The Hall–Kier alpha value is -1.63. The lowest BCUT2D eigenvalue weighted by Crippen LogP contribution is -2.41. The van der Waals surface area contributed by atoms with Crippen LogP contribution in [-0.4, -0.2) is 82.0 Å². The van der Waals surface area contributed by atoms with Crippen LogP contribution < -0.4 is 5.32 Å². The number of nitrogens with zero attached hydrogens (tertiary/aromatic N) is 3. The molecule has 3 rings (SSSR count). The van der Waals surface area contributed by atoms with E-state index in [1.165, 1.54) is 37.1 Å². The van der Waals surface area contributed by atoms with Gasteiger partial charge in [-0.15, -0.1) is 0 Å². The van der Waals surface area contributed by atoms with Crippen LogP contribution in [0.25, 0.3) is 0 Å². The second-order valence-electron chi connectivity index (χ2n) is 8.53. The van der Waals surface area contributed by atoms with E-state index < -0.39 is 0 Å². The van der Waals surface area contributed by atoms with E-state index in [0.29, 0.717) is 25.2 Å². The highest BCUT2D eigenvalue weighted by Gasteiger charge is 2.27. The predicted molar refractivity (Wildman–Crippen MR) is 123 cm³/mol. The van der Waals surface area contributed by atoms with Gasteiger partial charge in [-0.25, -0.2) is 0 Å². The molecule has 0 aliphatic carbocycles. The van der Waals surface area contributed by atoms with Gasteiger partial charge in [0.25, 0.3) is 0 Å². The third-order valence-electron chi connectivity index (χ3n) is 6.16. The highest BCUT2D eigenvalue weighted by atomic mass is 16.5. The van der Waals surface area contributed by atoms with E-state index in [0.717, 1.165) is 45.2 Å². The summed E-state index contributed by atoms with van der Waals surface area (Å²) in [6, 6.07) is 9.37. The normalized spacial score (nSPS) is 21.4. The van der Waals surface area contributed by atoms with Crippen LogP contribution in [0.15, 0.2) is 29.3 Å². The number of nitrogens with one attached hydrogen (secondary N) is 1. The minimum absolute atomic E-state index is 0.359. The Kier molecular flexibility index (Phi) is 9.43. The fraction of sp³-hybridized carbons (Fsp3) is 0.708. The van der Waals surface area contributed by atoms with Gasteiger partial charge in [0.1, 0.15) is 0 Å². The van der Waals surface area contributed by atoms with Gasteiger partial charge in [-0.2, -0.15) is 0 Å². The molecule has 2 heterocycles. The Morgan fingerprint density at radius 1 is 1.17 bits per heavy atom. The molecular weight excluding hydrogens is 376 g/mol. The van der Waals surface area contributed by atoms with E-state index >= 15 is 0 Å². The minimum atomic E-state index is 0.359. The molecular formula is C24H40N4O2. The number of likely N-dealkylation sites (tertiary alicyclic amines) is 2. The van der Waals surface area contributed by atoms with Gasteiger partial charge in [-0.1, -0.05) is 29.8 Å². The number of hydrogen-bond donors (Lipinski definition) is 1. The van der Waals surface area contributed by atoms with Crippen molar-refractivity contribution in [3.63, 3.8) is 0 Å². The van der Waals surface area contributed by atoms with E-state index in [9.17, 15) is 0 Å². The van der Waals surface area contributed by atoms with Crippen molar-refractivity contribution in [3.8, 4) is 0 Å². The highest BCUT2D eigenvalue weighted by molar-refractivity contribution is 5.80. The highest BCUT2D eigenvalue weighted by Crippen LogP contribution is 2.26. The smallest absolute Gasteiger partial charge is 0.193 e. The standard InChI is InChI=1S/C24H40N4O2/c1-4-25-24(28-14-11-21(18-28)19-30-16-15-29-3)26-17-23(27-12-5-6-13-27)22-9-7-20(2)8-10-22/h7-10,21,23H,4-6,11-19H2,1-3H3,(H,25,26). The van der Waals surface area contributed by atoms with Crippen molar-refractivity contribution in [3.05, 3.63) is 35.4 Å². The van der Waals surface area contributed by atoms with Crippen molar-refractivity contribution in [1.29, 1.82) is 0 Å². The van der Waals surface area contributed by atoms with Crippen LogP contribution in [0.3, 0.4) is 0 Å². The Bertz CT molecular complexity index is 643. The summed E-state index contributed by atoms with van der Waals surface area (Å²) >= 11 is 0. The molecule has 6 heteroatoms. The zero-order valence-corrected chi connectivity index (χ0v) is 19.1. The van der Waals surface area contributed by atoms with Crippen molar-refractivity contribution >= 4 is 5.96 Å². The summed E-state index contributed by atoms with van der Waals surface area (Å²) in [6.07, 6.45) is 3.75. The number of benzene rings is 1. The average Bonchev–Trinajstić information content (AvgIpc) is 3.44. The molecule has 1 N–H and O–H groups in total. The van der Waals surface area contributed by atoms with Crippen LogP contribution in [0.2, 0.25) is 0 Å². The molecule has 0 radical (unpaired) electrons. The molecule has 2 aliphatic rings. The third kappa shape index (κ3) is 6.69. The van der Waals surface area contributed by atoms with Crippen LogP contribution in [0.5, 0.6) is 0 Å². The number of methoxy groups -OCH3 is 1. The predicted octanol–water partition coefficient (Wildman–Crippen LogP) is 3.08. The summed E-state index contributed by atoms with van der Waals surface area (Å²) in [4.78, 5) is 10.1. The lowest BCUT2D eigenvalue weighted by atomic mass is 10.0. The van der Waals surface area contributed by atoms with Gasteiger partial charge in [-0.3, -0.25) is 9.89 Å². The molecule has 168 valence electrons. The molecule has 2 atom stereocenters. The lowest BCUT2D eigenvalue weighted by molar-refractivity contribution is 0.0536. The molecule has 0 bridgehead atoms. The maximum absolute atomic E-state index is 5.76. The van der Waals surface area contributed by atoms with Crippen LogP contribution in [-0.2, 0) is 9.47 Å². The average molecular weight is 417 g/mol. The lowest BCUT2D eigenvalue weighted by Gasteiger charge is -2.28. The Labute approximate surface area is 182 Å². The molecule has 1 aromatic rings. The first-order valence-corrected chi connectivity index (χ1v) is 11.6. The quantitative estimate of drug-likeness (QED) is 0.361. The van der Waals surface area contributed by atoms with Crippen molar-refractivity contribution in [2.75, 3.05) is 66.2 Å². The molecule has 0 spiro atoms. The Balaban J connectivity index is 1.63. The minimum Gasteiger partial charge on any atom is -0.382 e. The van der Waals surface area contributed by atoms with Gasteiger partial charge >= 0.3 is 0 Å². The fourth-order valence-electron chi connectivity index (χ4n) is 4.43. The van der Waals surface area contributed by atoms with Gasteiger partial charge in [-0.05, 0) is 51.8 Å². The first-order valence-electron chi connectivity index (χ1n) is 11.6. The number of aliphatic imine (C=N–C) groups is 1. The topological polar surface area (TPSA) is 49.3 Å². The first kappa shape index (κ1) is 23.0. The summed E-state index contributed by atoms with van der Waals surface area (Å²) < 4.78 is 10.8. The van der Waals surface area contributed by atoms with Crippen LogP contribution in [0.4, 0.5) is 0 Å². The zero-order chi connectivity index (χ0) is 21.2. The number of ether oxygens (including phenoxy) is 2. The van der Waals surface area contributed by atoms with E-state index in [1.807, 2.05) is 0 Å². The Morgan fingerprint density at radius 2 is 1.93 bits per heavy atom. The molecule has 2 fully saturated rings. The van der Waals surface area contributed by atoms with Crippen molar-refractivity contribution in [1.82, 2.24) is 15.1 Å². The van der Waals surface area contributed by atoms with E-state index in [-0.39, 0.29) is 0 Å². The third-order valence-corrected chi connectivity index (χ3v) is 6.16. The summed E-state index contributed by atoms with van der Waals surface area (Å²) in [5, 5.41) is 3.52. The van der Waals surface area contributed by atoms with Crippen LogP contribution >= 0.6 is 0 Å². The molecule has 0 saturated carbocycles. The van der Waals surface area contributed by atoms with Crippen molar-refractivity contribution in [2.45, 2.75) is 39.2 Å². The number of hydrogen-bond acceptors (Lipinski definition) is 4. The molecule has 2 saturated heterocycles. The number of guanidine groups is 1. The number of aryl methyl sites for hydroxylation is 1. The van der Waals surface area contributed by atoms with Crippen molar-refractivity contribution in [2.24, 2.45) is 10.9 Å². The second-order valence-corrected chi connectivity index (χ2v) is 8.53. The molecule has 0 amide bonds. The summed E-state index contributed by atoms with van der Waals surface area (Å²) in [5.41, 5.74) is 2.69. The largest absolute Gasteiger partial charge is 0.382 e. The molecule has 6 nitrogen and oxygen atoms in total. The fourth-order valence-corrected chi connectivity index (χ4v) is 4.43. The summed E-state index contributed by atoms with van der Waals surface area (Å²) in [7, 11) is 1.71. The van der Waals surface area contributed by atoms with Gasteiger partial charge in [0.05, 0.1) is 32.4 Å². The van der Waals surface area contributed by atoms with E-state index in [1.54, 1.807) is 7.11 Å². The SMILES string of the molecule is CCNC(=NCC(c1ccc(C)cc1)N1CCCC1)N1CCC(COCCOC)C1. The molecule has 2 aliphatic heterocycles. The van der Waals surface area contributed by atoms with Crippen LogP contribution in [0, 0.1) is 12.8 Å². The Morgan fingerprint density at radius 3 is 2.63 bits per heavy atom. The first-order chi connectivity index (χ1) is 14.7. The molecule has 0 aromatic heterocycles. The monoisotopic (exact) mass is 416 g/mol. The van der Waals surface area contributed by atoms with Gasteiger partial charge in [0, 0.05) is 32.7 Å². The van der Waals surface area contributed by atoms with Crippen LogP contribution in [0.1, 0.15) is 43.4 Å². The van der Waals surface area contributed by atoms with Crippen molar-refractivity contribution < 1.29 is 9.47 Å².